The maximum Gasteiger partial charge on any atom is 0.119 e. The van der Waals surface area contributed by atoms with E-state index in [4.69, 9.17) is 0 Å². The van der Waals surface area contributed by atoms with Crippen LogP contribution in [0.5, 0.6) is 0 Å². The molecule has 0 fully saturated rings. The summed E-state index contributed by atoms with van der Waals surface area (Å²) in [5, 5.41) is 0. The van der Waals surface area contributed by atoms with Gasteiger partial charge in [-0.05, 0) is 31.9 Å². The highest BCUT2D eigenvalue weighted by Crippen LogP contribution is 2.07. The molecular weight excluding hydrogens is 139 g/mol. The van der Waals surface area contributed by atoms with E-state index in [0.717, 1.165) is 12.0 Å². The zero-order valence-corrected chi connectivity index (χ0v) is 7.23. The van der Waals surface area contributed by atoms with Crippen LogP contribution in [-0.4, -0.2) is 0 Å². The number of hydrogen-bond donors (Lipinski definition) is 0. The van der Waals surface area contributed by atoms with E-state index in [2.05, 4.69) is 6.58 Å². The number of hydrogen-bond acceptors (Lipinski definition) is 0. The summed E-state index contributed by atoms with van der Waals surface area (Å²) in [5.41, 5.74) is 1.06. The predicted molar refractivity (Wildman–Crippen MR) is 48.1 cm³/mol. The summed E-state index contributed by atoms with van der Waals surface area (Å²) in [6, 6.07) is 0. The lowest BCUT2D eigenvalue weighted by Crippen LogP contribution is -1.73. The van der Waals surface area contributed by atoms with E-state index < -0.39 is 0 Å². The van der Waals surface area contributed by atoms with Gasteiger partial charge in [-0.3, -0.25) is 0 Å². The Morgan fingerprint density at radius 3 is 2.64 bits per heavy atom. The van der Waals surface area contributed by atoms with Gasteiger partial charge in [-0.1, -0.05) is 18.6 Å². The van der Waals surface area contributed by atoms with E-state index >= 15 is 0 Å². The average molecular weight is 154 g/mol. The van der Waals surface area contributed by atoms with Gasteiger partial charge in [-0.25, -0.2) is 4.39 Å². The van der Waals surface area contributed by atoms with Gasteiger partial charge in [0, 0.05) is 0 Å². The minimum Gasteiger partial charge on any atom is -0.207 e. The predicted octanol–water partition coefficient (Wildman–Crippen LogP) is 3.77. The molecule has 0 nitrogen and oxygen atoms in total. The number of rotatable bonds is 4. The van der Waals surface area contributed by atoms with Crippen molar-refractivity contribution in [2.45, 2.75) is 26.7 Å². The highest BCUT2D eigenvalue weighted by Gasteiger charge is 1.88. The van der Waals surface area contributed by atoms with Gasteiger partial charge in [0.25, 0.3) is 0 Å². The summed E-state index contributed by atoms with van der Waals surface area (Å²) in [7, 11) is 0. The molecule has 0 radical (unpaired) electrons. The molecule has 0 N–H and O–H groups in total. The fraction of sp³-hybridized carbons (Fsp3) is 0.400. The minimum atomic E-state index is -0.163. The van der Waals surface area contributed by atoms with Crippen molar-refractivity contribution in [1.82, 2.24) is 0 Å². The summed E-state index contributed by atoms with van der Waals surface area (Å²) < 4.78 is 12.8. The monoisotopic (exact) mass is 154 g/mol. The highest BCUT2D eigenvalue weighted by molar-refractivity contribution is 5.16. The Bertz CT molecular complexity index is 175. The van der Waals surface area contributed by atoms with Crippen molar-refractivity contribution in [3.05, 3.63) is 36.2 Å². The van der Waals surface area contributed by atoms with E-state index in [0.29, 0.717) is 6.42 Å². The summed E-state index contributed by atoms with van der Waals surface area (Å²) in [6.07, 6.45) is 6.25. The molecule has 62 valence electrons. The summed E-state index contributed by atoms with van der Waals surface area (Å²) in [5.74, 6) is -0.163. The maximum absolute atomic E-state index is 12.8. The van der Waals surface area contributed by atoms with Crippen molar-refractivity contribution < 1.29 is 4.39 Å². The van der Waals surface area contributed by atoms with Gasteiger partial charge in [0.15, 0.2) is 0 Å². The lowest BCUT2D eigenvalue weighted by Gasteiger charge is -1.92. The van der Waals surface area contributed by atoms with Crippen LogP contribution in [0.3, 0.4) is 0 Å². The minimum absolute atomic E-state index is 0.163. The SMILES string of the molecule is C=CC/C=C(F)\C=C(/C)CC. The molecule has 0 aromatic carbocycles. The van der Waals surface area contributed by atoms with E-state index in [-0.39, 0.29) is 5.83 Å². The molecule has 0 amide bonds. The maximum atomic E-state index is 12.8. The molecule has 1 heteroatoms. The van der Waals surface area contributed by atoms with E-state index in [1.807, 2.05) is 13.8 Å². The molecule has 0 heterocycles. The molecule has 0 atom stereocenters. The van der Waals surface area contributed by atoms with Gasteiger partial charge in [0.2, 0.25) is 0 Å². The topological polar surface area (TPSA) is 0 Å². The molecule has 0 saturated heterocycles. The Labute approximate surface area is 68.1 Å². The van der Waals surface area contributed by atoms with Crippen molar-refractivity contribution in [2.75, 3.05) is 0 Å². The molecule has 0 bridgehead atoms. The molecule has 11 heavy (non-hydrogen) atoms. The van der Waals surface area contributed by atoms with Crippen molar-refractivity contribution in [3.8, 4) is 0 Å². The molecule has 0 aliphatic carbocycles. The fourth-order valence-corrected chi connectivity index (χ4v) is 0.592. The molecule has 0 unspecified atom stereocenters. The molecule has 0 saturated carbocycles. The third-order valence-electron chi connectivity index (χ3n) is 1.42. The van der Waals surface area contributed by atoms with Crippen molar-refractivity contribution >= 4 is 0 Å². The first-order valence-corrected chi connectivity index (χ1v) is 3.84. The van der Waals surface area contributed by atoms with Crippen LogP contribution in [0, 0.1) is 0 Å². The van der Waals surface area contributed by atoms with Gasteiger partial charge in [-0.15, -0.1) is 6.58 Å². The smallest absolute Gasteiger partial charge is 0.119 e. The largest absolute Gasteiger partial charge is 0.207 e. The molecule has 0 aromatic rings. The van der Waals surface area contributed by atoms with E-state index in [1.54, 1.807) is 12.2 Å². The fourth-order valence-electron chi connectivity index (χ4n) is 0.592. The summed E-state index contributed by atoms with van der Waals surface area (Å²) in [4.78, 5) is 0. The quantitative estimate of drug-likeness (QED) is 0.427. The zero-order chi connectivity index (χ0) is 8.69. The highest BCUT2D eigenvalue weighted by atomic mass is 19.1. The van der Waals surface area contributed by atoms with Crippen LogP contribution in [0.2, 0.25) is 0 Å². The van der Waals surface area contributed by atoms with Crippen molar-refractivity contribution in [1.29, 1.82) is 0 Å². The summed E-state index contributed by atoms with van der Waals surface area (Å²) in [6.45, 7) is 7.42. The van der Waals surface area contributed by atoms with Gasteiger partial charge in [0.1, 0.15) is 5.83 Å². The van der Waals surface area contributed by atoms with Gasteiger partial charge in [-0.2, -0.15) is 0 Å². The van der Waals surface area contributed by atoms with Crippen LogP contribution < -0.4 is 0 Å². The third kappa shape index (κ3) is 5.59. The van der Waals surface area contributed by atoms with Crippen LogP contribution in [0.1, 0.15) is 26.7 Å². The number of halogens is 1. The lowest BCUT2D eigenvalue weighted by molar-refractivity contribution is 0.660. The molecule has 0 aliphatic rings. The summed E-state index contributed by atoms with van der Waals surface area (Å²) >= 11 is 0. The first kappa shape index (κ1) is 10.2. The Morgan fingerprint density at radius 1 is 1.55 bits per heavy atom. The Hall–Kier alpha value is -0.850. The molecule has 0 aliphatic heterocycles. The zero-order valence-electron chi connectivity index (χ0n) is 7.23. The van der Waals surface area contributed by atoms with Gasteiger partial charge < -0.3 is 0 Å². The second kappa shape index (κ2) is 5.90. The second-order valence-electron chi connectivity index (χ2n) is 2.46. The van der Waals surface area contributed by atoms with Crippen LogP contribution in [0.4, 0.5) is 4.39 Å². The van der Waals surface area contributed by atoms with Crippen LogP contribution >= 0.6 is 0 Å². The lowest BCUT2D eigenvalue weighted by atomic mass is 10.2. The van der Waals surface area contributed by atoms with Crippen LogP contribution in [0.25, 0.3) is 0 Å². The standard InChI is InChI=1S/C10H15F/c1-4-6-7-10(11)8-9(3)5-2/h4,7-8H,1,5-6H2,2-3H3/b9-8+,10-7+. The van der Waals surface area contributed by atoms with Crippen molar-refractivity contribution in [3.63, 3.8) is 0 Å². The van der Waals surface area contributed by atoms with Crippen molar-refractivity contribution in [2.24, 2.45) is 0 Å². The van der Waals surface area contributed by atoms with Gasteiger partial charge >= 0.3 is 0 Å². The van der Waals surface area contributed by atoms with Crippen LogP contribution in [-0.2, 0) is 0 Å². The Kier molecular flexibility index (Phi) is 5.44. The molecular formula is C10H15F. The molecule has 0 spiro atoms. The number of allylic oxidation sites excluding steroid dienone is 5. The Morgan fingerprint density at radius 2 is 2.18 bits per heavy atom. The van der Waals surface area contributed by atoms with Gasteiger partial charge in [0.05, 0.1) is 0 Å². The third-order valence-corrected chi connectivity index (χ3v) is 1.42. The van der Waals surface area contributed by atoms with Crippen LogP contribution in [0.15, 0.2) is 36.2 Å². The van der Waals surface area contributed by atoms with E-state index in [1.165, 1.54) is 6.08 Å². The normalized spacial score (nSPS) is 13.4. The average Bonchev–Trinajstić information content (AvgIpc) is 2.00. The molecule has 0 aromatic heterocycles. The molecule has 0 rings (SSSR count). The first-order valence-electron chi connectivity index (χ1n) is 3.84. The first-order chi connectivity index (χ1) is 5.20. The van der Waals surface area contributed by atoms with E-state index in [9.17, 15) is 4.39 Å². The second-order valence-corrected chi connectivity index (χ2v) is 2.46. The Balaban J connectivity index is 4.02.